The summed E-state index contributed by atoms with van der Waals surface area (Å²) in [7, 11) is 4.00. The highest BCUT2D eigenvalue weighted by molar-refractivity contribution is 5.56. The van der Waals surface area contributed by atoms with E-state index in [4.69, 9.17) is 5.84 Å². The molecule has 0 unspecified atom stereocenters. The van der Waals surface area contributed by atoms with Gasteiger partial charge in [0.15, 0.2) is 0 Å². The lowest BCUT2D eigenvalue weighted by atomic mass is 10.3. The van der Waals surface area contributed by atoms with Crippen LogP contribution in [0.15, 0.2) is 6.20 Å². The molecular formula is C10H19N7O2. The van der Waals surface area contributed by atoms with Gasteiger partial charge in [0.05, 0.1) is 4.92 Å². The minimum atomic E-state index is -0.525. The molecule has 0 atom stereocenters. The first kappa shape index (κ1) is 15.1. The number of anilines is 2. The highest BCUT2D eigenvalue weighted by Gasteiger charge is 2.16. The Kier molecular flexibility index (Phi) is 5.90. The fourth-order valence-electron chi connectivity index (χ4n) is 1.47. The molecule has 0 aliphatic heterocycles. The first-order valence-corrected chi connectivity index (χ1v) is 5.91. The van der Waals surface area contributed by atoms with Crippen molar-refractivity contribution in [3.8, 4) is 0 Å². The van der Waals surface area contributed by atoms with Crippen molar-refractivity contribution in [2.24, 2.45) is 5.84 Å². The van der Waals surface area contributed by atoms with Crippen molar-refractivity contribution in [3.05, 3.63) is 16.3 Å². The first-order valence-electron chi connectivity index (χ1n) is 5.91. The smallest absolute Gasteiger partial charge is 0.329 e. The van der Waals surface area contributed by atoms with Gasteiger partial charge in [0.2, 0.25) is 11.8 Å². The number of nitrogens with one attached hydrogen (secondary N) is 2. The Labute approximate surface area is 111 Å². The lowest BCUT2D eigenvalue weighted by Gasteiger charge is -2.10. The minimum Gasteiger partial charge on any atom is -0.364 e. The van der Waals surface area contributed by atoms with E-state index in [1.54, 1.807) is 0 Å². The van der Waals surface area contributed by atoms with E-state index in [0.717, 1.165) is 25.6 Å². The Morgan fingerprint density at radius 3 is 2.79 bits per heavy atom. The summed E-state index contributed by atoms with van der Waals surface area (Å²) in [4.78, 5) is 20.0. The van der Waals surface area contributed by atoms with E-state index < -0.39 is 4.92 Å². The van der Waals surface area contributed by atoms with E-state index >= 15 is 0 Å². The summed E-state index contributed by atoms with van der Waals surface area (Å²) >= 11 is 0. The Hall–Kier alpha value is -2.00. The van der Waals surface area contributed by atoms with Crippen LogP contribution in [0.25, 0.3) is 0 Å². The third kappa shape index (κ3) is 5.02. The van der Waals surface area contributed by atoms with Crippen molar-refractivity contribution in [2.45, 2.75) is 12.8 Å². The van der Waals surface area contributed by atoms with Crippen LogP contribution in [0.4, 0.5) is 17.5 Å². The number of nitrogens with zero attached hydrogens (tertiary/aromatic N) is 4. The van der Waals surface area contributed by atoms with Crippen LogP contribution in [0.3, 0.4) is 0 Å². The molecule has 0 radical (unpaired) electrons. The Morgan fingerprint density at radius 1 is 1.47 bits per heavy atom. The zero-order chi connectivity index (χ0) is 14.3. The second-order valence-corrected chi connectivity index (χ2v) is 4.27. The molecule has 1 rings (SSSR count). The molecule has 0 bridgehead atoms. The van der Waals surface area contributed by atoms with Crippen molar-refractivity contribution in [3.63, 3.8) is 0 Å². The molecule has 0 aliphatic carbocycles. The lowest BCUT2D eigenvalue weighted by Crippen LogP contribution is -2.15. The van der Waals surface area contributed by atoms with E-state index in [9.17, 15) is 10.1 Å². The van der Waals surface area contributed by atoms with Gasteiger partial charge in [-0.1, -0.05) is 0 Å². The molecular weight excluding hydrogens is 250 g/mol. The van der Waals surface area contributed by atoms with Crippen molar-refractivity contribution >= 4 is 17.5 Å². The molecule has 0 aliphatic rings. The molecule has 106 valence electrons. The molecule has 1 aromatic heterocycles. The molecule has 0 saturated heterocycles. The zero-order valence-electron chi connectivity index (χ0n) is 11.1. The number of hydrogen-bond donors (Lipinski definition) is 3. The molecule has 0 spiro atoms. The molecule has 0 aromatic carbocycles. The monoisotopic (exact) mass is 269 g/mol. The summed E-state index contributed by atoms with van der Waals surface area (Å²) < 4.78 is 0. The third-order valence-corrected chi connectivity index (χ3v) is 2.42. The Bertz CT molecular complexity index is 424. The van der Waals surface area contributed by atoms with Gasteiger partial charge >= 0.3 is 5.69 Å². The third-order valence-electron chi connectivity index (χ3n) is 2.42. The van der Waals surface area contributed by atoms with E-state index in [1.165, 1.54) is 0 Å². The largest absolute Gasteiger partial charge is 0.364 e. The highest BCUT2D eigenvalue weighted by Crippen LogP contribution is 2.21. The molecule has 0 fully saturated rings. The molecule has 9 nitrogen and oxygen atoms in total. The van der Waals surface area contributed by atoms with Crippen molar-refractivity contribution in [2.75, 3.05) is 37.9 Å². The van der Waals surface area contributed by atoms with Crippen molar-refractivity contribution in [1.29, 1.82) is 0 Å². The van der Waals surface area contributed by atoms with Gasteiger partial charge in [-0.25, -0.2) is 10.8 Å². The zero-order valence-corrected chi connectivity index (χ0v) is 11.1. The Morgan fingerprint density at radius 2 is 2.21 bits per heavy atom. The maximum atomic E-state index is 10.8. The Balaban J connectivity index is 2.57. The predicted molar refractivity (Wildman–Crippen MR) is 72.8 cm³/mol. The van der Waals surface area contributed by atoms with Crippen LogP contribution in [0, 0.1) is 10.1 Å². The number of hydrogen-bond acceptors (Lipinski definition) is 8. The van der Waals surface area contributed by atoms with Gasteiger partial charge in [0, 0.05) is 6.54 Å². The number of nitrogens with two attached hydrogens (primary N) is 1. The van der Waals surface area contributed by atoms with Crippen LogP contribution >= 0.6 is 0 Å². The summed E-state index contributed by atoms with van der Waals surface area (Å²) in [5.41, 5.74) is 2.10. The quantitative estimate of drug-likeness (QED) is 0.269. The van der Waals surface area contributed by atoms with Crippen LogP contribution in [0.2, 0.25) is 0 Å². The summed E-state index contributed by atoms with van der Waals surface area (Å²) in [6, 6.07) is 0. The topological polar surface area (TPSA) is 122 Å². The summed E-state index contributed by atoms with van der Waals surface area (Å²) in [5, 5.41) is 13.8. The first-order chi connectivity index (χ1) is 9.04. The maximum absolute atomic E-state index is 10.8. The van der Waals surface area contributed by atoms with Gasteiger partial charge < -0.3 is 10.2 Å². The average Bonchev–Trinajstić information content (AvgIpc) is 2.37. The number of aromatic nitrogens is 2. The van der Waals surface area contributed by atoms with E-state index in [-0.39, 0.29) is 17.5 Å². The van der Waals surface area contributed by atoms with Gasteiger partial charge in [-0.05, 0) is 33.5 Å². The van der Waals surface area contributed by atoms with Crippen molar-refractivity contribution < 1.29 is 4.92 Å². The summed E-state index contributed by atoms with van der Waals surface area (Å²) in [6.45, 7) is 1.58. The predicted octanol–water partition coefficient (Wildman–Crippen LogP) is 0.424. The van der Waals surface area contributed by atoms with E-state index in [2.05, 4.69) is 25.6 Å². The van der Waals surface area contributed by atoms with Crippen LogP contribution in [-0.2, 0) is 0 Å². The maximum Gasteiger partial charge on any atom is 0.329 e. The number of nitrogen functional groups attached to an aromatic ring is 1. The molecule has 1 aromatic rings. The summed E-state index contributed by atoms with van der Waals surface area (Å²) in [6.07, 6.45) is 3.02. The van der Waals surface area contributed by atoms with Gasteiger partial charge in [0.25, 0.3) is 0 Å². The van der Waals surface area contributed by atoms with Crippen LogP contribution < -0.4 is 16.6 Å². The molecule has 1 heterocycles. The SMILES string of the molecule is CN(C)CCCCNc1nc(NN)ncc1[N+](=O)[O-]. The number of hydrazine groups is 1. The fraction of sp³-hybridized carbons (Fsp3) is 0.600. The second kappa shape index (κ2) is 7.44. The fourth-order valence-corrected chi connectivity index (χ4v) is 1.47. The van der Waals surface area contributed by atoms with Gasteiger partial charge in [-0.3, -0.25) is 15.5 Å². The highest BCUT2D eigenvalue weighted by atomic mass is 16.6. The minimum absolute atomic E-state index is 0.140. The van der Waals surface area contributed by atoms with Crippen LogP contribution in [0.5, 0.6) is 0 Å². The molecule has 0 saturated carbocycles. The van der Waals surface area contributed by atoms with E-state index in [0.29, 0.717) is 6.54 Å². The molecule has 9 heteroatoms. The molecule has 0 amide bonds. The molecule has 4 N–H and O–H groups in total. The number of unbranched alkanes of at least 4 members (excludes halogenated alkanes) is 1. The number of nitro groups is 1. The number of rotatable bonds is 8. The standard InChI is InChI=1S/C10H19N7O2/c1-16(2)6-4-3-5-12-9-8(17(18)19)7-13-10(14-9)15-11/h7H,3-6,11H2,1-2H3,(H2,12,13,14,15). The van der Waals surface area contributed by atoms with Gasteiger partial charge in [-0.15, -0.1) is 0 Å². The van der Waals surface area contributed by atoms with Gasteiger partial charge in [0.1, 0.15) is 6.20 Å². The average molecular weight is 269 g/mol. The normalized spacial score (nSPS) is 10.5. The van der Waals surface area contributed by atoms with Crippen LogP contribution in [-0.4, -0.2) is 47.0 Å². The summed E-state index contributed by atoms with van der Waals surface area (Å²) in [5.74, 6) is 5.50. The van der Waals surface area contributed by atoms with Crippen LogP contribution in [0.1, 0.15) is 12.8 Å². The molecule has 19 heavy (non-hydrogen) atoms. The second-order valence-electron chi connectivity index (χ2n) is 4.27. The van der Waals surface area contributed by atoms with Crippen molar-refractivity contribution in [1.82, 2.24) is 14.9 Å². The van der Waals surface area contributed by atoms with E-state index in [1.807, 2.05) is 14.1 Å². The van der Waals surface area contributed by atoms with Gasteiger partial charge in [-0.2, -0.15) is 4.98 Å². The lowest BCUT2D eigenvalue weighted by molar-refractivity contribution is -0.384.